The molecule has 84 valence electrons. The van der Waals surface area contributed by atoms with Crippen molar-refractivity contribution < 1.29 is 8.60 Å². The number of halogens is 2. The molecule has 1 rings (SSSR count). The van der Waals surface area contributed by atoms with Gasteiger partial charge in [-0.15, -0.1) is 0 Å². The molecule has 0 spiro atoms. The van der Waals surface area contributed by atoms with Crippen molar-refractivity contribution in [3.63, 3.8) is 0 Å². The highest BCUT2D eigenvalue weighted by molar-refractivity contribution is 8.16. The van der Waals surface area contributed by atoms with E-state index in [1.165, 1.54) is 24.3 Å². The van der Waals surface area contributed by atoms with E-state index in [4.69, 9.17) is 10.7 Å². The Kier molecular flexibility index (Phi) is 3.58. The van der Waals surface area contributed by atoms with Crippen molar-refractivity contribution in [2.75, 3.05) is 0 Å². The Morgan fingerprint density at radius 3 is 2.13 bits per heavy atom. The molecule has 0 fully saturated rings. The second-order valence-electron chi connectivity index (χ2n) is 4.17. The van der Waals surface area contributed by atoms with Crippen molar-refractivity contribution in [2.45, 2.75) is 24.5 Å². The van der Waals surface area contributed by atoms with E-state index in [1.807, 2.05) is 19.6 Å². The van der Waals surface area contributed by atoms with Gasteiger partial charge < -0.3 is 0 Å². The first kappa shape index (κ1) is 12.7. The Morgan fingerprint density at radius 1 is 1.27 bits per heavy atom. The number of nitrogens with zero attached hydrogens (tertiary/aromatic N) is 1. The SMILES string of the molecule is C[Si](C)(C)N=S(=O)(Cl)c1ccc(F)cc1. The van der Waals surface area contributed by atoms with E-state index in [2.05, 4.69) is 4.03 Å². The Morgan fingerprint density at radius 2 is 1.73 bits per heavy atom. The highest BCUT2D eigenvalue weighted by Crippen LogP contribution is 2.21. The zero-order valence-corrected chi connectivity index (χ0v) is 11.4. The van der Waals surface area contributed by atoms with Crippen molar-refractivity contribution in [3.05, 3.63) is 30.1 Å². The van der Waals surface area contributed by atoms with Gasteiger partial charge in [0.25, 0.3) is 0 Å². The maximum absolute atomic E-state index is 12.7. The van der Waals surface area contributed by atoms with Crippen molar-refractivity contribution in [1.82, 2.24) is 0 Å². The summed E-state index contributed by atoms with van der Waals surface area (Å²) >= 11 is 0. The molecule has 0 aliphatic carbocycles. The van der Waals surface area contributed by atoms with Crippen LogP contribution in [0.25, 0.3) is 0 Å². The molecule has 0 saturated carbocycles. The summed E-state index contributed by atoms with van der Waals surface area (Å²) in [6.07, 6.45) is 0. The van der Waals surface area contributed by atoms with E-state index in [0.29, 0.717) is 4.90 Å². The second-order valence-corrected chi connectivity index (χ2v) is 11.9. The van der Waals surface area contributed by atoms with Crippen LogP contribution in [-0.4, -0.2) is 12.4 Å². The van der Waals surface area contributed by atoms with E-state index in [1.54, 1.807) is 0 Å². The van der Waals surface area contributed by atoms with E-state index in [0.717, 1.165) is 0 Å². The monoisotopic (exact) mass is 265 g/mol. The van der Waals surface area contributed by atoms with Crippen molar-refractivity contribution in [3.8, 4) is 0 Å². The largest absolute Gasteiger partial charge is 0.262 e. The van der Waals surface area contributed by atoms with E-state index >= 15 is 0 Å². The third-order valence-corrected chi connectivity index (χ3v) is 6.64. The molecule has 0 N–H and O–H groups in total. The first-order valence-corrected chi connectivity index (χ1v) is 10.2. The Hall–Kier alpha value is -0.393. The third kappa shape index (κ3) is 3.93. The maximum atomic E-state index is 12.7. The fraction of sp³-hybridized carbons (Fsp3) is 0.333. The summed E-state index contributed by atoms with van der Waals surface area (Å²) in [5.41, 5.74) is 0. The first-order valence-electron chi connectivity index (χ1n) is 4.44. The summed E-state index contributed by atoms with van der Waals surface area (Å²) in [6.45, 7) is 5.83. The summed E-state index contributed by atoms with van der Waals surface area (Å²) in [5, 5.41) is 0. The van der Waals surface area contributed by atoms with E-state index in [-0.39, 0.29) is 5.82 Å². The van der Waals surface area contributed by atoms with Crippen LogP contribution in [-0.2, 0) is 8.94 Å². The molecule has 1 aromatic rings. The normalized spacial score (nSPS) is 15.8. The van der Waals surface area contributed by atoms with Gasteiger partial charge in [-0.2, -0.15) is 0 Å². The number of hydrogen-bond donors (Lipinski definition) is 0. The fourth-order valence-electron chi connectivity index (χ4n) is 1.01. The number of hydrogen-bond acceptors (Lipinski definition) is 2. The van der Waals surface area contributed by atoms with Crippen LogP contribution in [0.2, 0.25) is 19.6 Å². The Labute approximate surface area is 95.2 Å². The predicted molar refractivity (Wildman–Crippen MR) is 64.4 cm³/mol. The average molecular weight is 266 g/mol. The molecular formula is C9H13ClFNOSSi. The number of rotatable bonds is 2. The highest BCUT2D eigenvalue weighted by Gasteiger charge is 2.18. The van der Waals surface area contributed by atoms with Crippen LogP contribution in [0, 0.1) is 5.82 Å². The maximum Gasteiger partial charge on any atom is 0.186 e. The van der Waals surface area contributed by atoms with Crippen molar-refractivity contribution >= 4 is 27.9 Å². The molecule has 0 amide bonds. The smallest absolute Gasteiger partial charge is 0.186 e. The summed E-state index contributed by atoms with van der Waals surface area (Å²) in [5.74, 6) is -0.376. The average Bonchev–Trinajstić information content (AvgIpc) is 2.00. The summed E-state index contributed by atoms with van der Waals surface area (Å²) < 4.78 is 28.8. The third-order valence-electron chi connectivity index (χ3n) is 1.50. The second kappa shape index (κ2) is 4.23. The summed E-state index contributed by atoms with van der Waals surface area (Å²) in [4.78, 5) is 0.369. The van der Waals surface area contributed by atoms with Crippen molar-refractivity contribution in [2.24, 2.45) is 4.03 Å². The van der Waals surface area contributed by atoms with Crippen LogP contribution in [0.15, 0.2) is 33.2 Å². The molecule has 0 aliphatic rings. The molecule has 0 radical (unpaired) electrons. The van der Waals surface area contributed by atoms with Crippen LogP contribution in [0.4, 0.5) is 4.39 Å². The standard InChI is InChI=1S/C9H13ClFNOSSi/c1-15(2,3)12-14(10,13)9-6-4-8(11)5-7-9/h4-7H,1-3H3. The highest BCUT2D eigenvalue weighted by atomic mass is 35.7. The van der Waals surface area contributed by atoms with Gasteiger partial charge in [0.2, 0.25) is 0 Å². The molecule has 0 aromatic heterocycles. The van der Waals surface area contributed by atoms with E-state index in [9.17, 15) is 8.60 Å². The molecule has 0 bridgehead atoms. The lowest BCUT2D eigenvalue weighted by Gasteiger charge is -2.11. The van der Waals surface area contributed by atoms with Gasteiger partial charge in [0.15, 0.2) is 17.2 Å². The predicted octanol–water partition coefficient (Wildman–Crippen LogP) is 3.64. The fourth-order valence-corrected chi connectivity index (χ4v) is 6.89. The van der Waals surface area contributed by atoms with Gasteiger partial charge in [-0.1, -0.05) is 0 Å². The molecule has 6 heteroatoms. The molecule has 15 heavy (non-hydrogen) atoms. The molecular weight excluding hydrogens is 253 g/mol. The zero-order chi connectivity index (χ0) is 11.7. The topological polar surface area (TPSA) is 29.4 Å². The summed E-state index contributed by atoms with van der Waals surface area (Å²) in [7, 11) is 1.11. The Balaban J connectivity index is 3.23. The minimum Gasteiger partial charge on any atom is -0.262 e. The molecule has 1 atom stereocenters. The van der Waals surface area contributed by atoms with Crippen molar-refractivity contribution in [1.29, 1.82) is 0 Å². The van der Waals surface area contributed by atoms with Gasteiger partial charge in [0.1, 0.15) is 5.82 Å². The van der Waals surface area contributed by atoms with Gasteiger partial charge in [-0.25, -0.2) is 8.60 Å². The van der Waals surface area contributed by atoms with Gasteiger partial charge >= 0.3 is 0 Å². The molecule has 0 heterocycles. The van der Waals surface area contributed by atoms with Crippen LogP contribution in [0.5, 0.6) is 0 Å². The van der Waals surface area contributed by atoms with Crippen LogP contribution >= 0.6 is 10.7 Å². The molecule has 1 aromatic carbocycles. The lowest BCUT2D eigenvalue weighted by Crippen LogP contribution is -2.18. The van der Waals surface area contributed by atoms with Crippen LogP contribution in [0.3, 0.4) is 0 Å². The molecule has 1 unspecified atom stereocenters. The quantitative estimate of drug-likeness (QED) is 0.593. The molecule has 0 aliphatic heterocycles. The molecule has 2 nitrogen and oxygen atoms in total. The minimum absolute atomic E-state index is 0.369. The lowest BCUT2D eigenvalue weighted by molar-refractivity contribution is 0.626. The summed E-state index contributed by atoms with van der Waals surface area (Å²) in [6, 6.07) is 5.29. The van der Waals surface area contributed by atoms with Gasteiger partial charge in [0.05, 0.1) is 4.90 Å². The first-order chi connectivity index (χ1) is 6.71. The van der Waals surface area contributed by atoms with Gasteiger partial charge in [-0.05, 0) is 43.9 Å². The lowest BCUT2D eigenvalue weighted by atomic mass is 10.4. The zero-order valence-electron chi connectivity index (χ0n) is 8.83. The van der Waals surface area contributed by atoms with Gasteiger partial charge in [-0.3, -0.25) is 4.03 Å². The minimum atomic E-state index is -2.89. The van der Waals surface area contributed by atoms with Gasteiger partial charge in [0, 0.05) is 10.7 Å². The van der Waals surface area contributed by atoms with Crippen LogP contribution in [0.1, 0.15) is 0 Å². The van der Waals surface area contributed by atoms with Crippen LogP contribution < -0.4 is 0 Å². The molecule has 0 saturated heterocycles. The number of benzene rings is 1. The van der Waals surface area contributed by atoms with E-state index < -0.39 is 17.2 Å². The Bertz CT molecular complexity index is 460.